The SMILES string of the molecule is CCOC(=O)c1c(NC(=O)C(C)Sc2nnc(Cc3cccs3)n2C)sc2c1CCCC2. The van der Waals surface area contributed by atoms with Crippen molar-refractivity contribution in [1.29, 1.82) is 0 Å². The Labute approximate surface area is 199 Å². The van der Waals surface area contributed by atoms with Gasteiger partial charge in [-0.25, -0.2) is 4.79 Å². The second kappa shape index (κ2) is 10.2. The molecule has 170 valence electrons. The summed E-state index contributed by atoms with van der Waals surface area (Å²) in [5, 5.41) is 14.5. The molecule has 1 unspecified atom stereocenters. The predicted octanol–water partition coefficient (Wildman–Crippen LogP) is 4.70. The number of esters is 1. The predicted molar refractivity (Wildman–Crippen MR) is 129 cm³/mol. The van der Waals surface area contributed by atoms with Crippen LogP contribution in [0, 0.1) is 0 Å². The minimum atomic E-state index is -0.401. The Morgan fingerprint density at radius 1 is 1.31 bits per heavy atom. The first-order chi connectivity index (χ1) is 15.5. The van der Waals surface area contributed by atoms with Gasteiger partial charge in [0.1, 0.15) is 10.8 Å². The van der Waals surface area contributed by atoms with Crippen molar-refractivity contribution in [3.63, 3.8) is 0 Å². The van der Waals surface area contributed by atoms with Gasteiger partial charge in [-0.2, -0.15) is 0 Å². The maximum atomic E-state index is 13.0. The normalized spacial score (nSPS) is 14.1. The molecule has 0 saturated carbocycles. The van der Waals surface area contributed by atoms with E-state index in [0.29, 0.717) is 28.7 Å². The number of nitrogens with zero attached hydrogens (tertiary/aromatic N) is 3. The minimum absolute atomic E-state index is 0.165. The number of anilines is 1. The standard InChI is InChI=1S/C22H26N4O3S3/c1-4-29-21(28)18-15-9-5-6-10-16(15)32-20(18)23-19(27)13(2)31-22-25-24-17(26(22)3)12-14-8-7-11-30-14/h7-8,11,13H,4-6,9-10,12H2,1-3H3,(H,23,27). The number of hydrogen-bond donors (Lipinski definition) is 1. The number of thioether (sulfide) groups is 1. The van der Waals surface area contributed by atoms with E-state index in [0.717, 1.165) is 37.1 Å². The monoisotopic (exact) mass is 490 g/mol. The highest BCUT2D eigenvalue weighted by Crippen LogP contribution is 2.39. The summed E-state index contributed by atoms with van der Waals surface area (Å²) in [6.07, 6.45) is 4.67. The highest BCUT2D eigenvalue weighted by Gasteiger charge is 2.28. The molecule has 0 bridgehead atoms. The van der Waals surface area contributed by atoms with Gasteiger partial charge in [0.25, 0.3) is 0 Å². The van der Waals surface area contributed by atoms with Crippen LogP contribution in [-0.2, 0) is 35.8 Å². The van der Waals surface area contributed by atoms with Crippen molar-refractivity contribution in [2.45, 2.75) is 56.4 Å². The average Bonchev–Trinajstić information content (AvgIpc) is 3.49. The molecule has 0 aromatic carbocycles. The lowest BCUT2D eigenvalue weighted by Gasteiger charge is -2.13. The fourth-order valence-corrected chi connectivity index (χ4v) is 6.48. The Morgan fingerprint density at radius 2 is 2.12 bits per heavy atom. The van der Waals surface area contributed by atoms with Crippen LogP contribution in [0.15, 0.2) is 22.7 Å². The molecule has 3 aromatic rings. The number of aryl methyl sites for hydroxylation is 1. The molecule has 3 aromatic heterocycles. The van der Waals surface area contributed by atoms with Crippen LogP contribution >= 0.6 is 34.4 Å². The molecule has 0 spiro atoms. The van der Waals surface area contributed by atoms with E-state index in [1.54, 1.807) is 18.3 Å². The van der Waals surface area contributed by atoms with Gasteiger partial charge in [0.2, 0.25) is 5.91 Å². The number of carbonyl (C=O) groups excluding carboxylic acids is 2. The third kappa shape index (κ3) is 4.92. The number of hydrogen-bond acceptors (Lipinski definition) is 8. The molecule has 0 saturated heterocycles. The van der Waals surface area contributed by atoms with Gasteiger partial charge < -0.3 is 14.6 Å². The van der Waals surface area contributed by atoms with Crippen molar-refractivity contribution in [2.24, 2.45) is 7.05 Å². The third-order valence-corrected chi connectivity index (χ3v) is 8.59. The Kier molecular flexibility index (Phi) is 7.32. The summed E-state index contributed by atoms with van der Waals surface area (Å²) in [4.78, 5) is 28.0. The lowest BCUT2D eigenvalue weighted by Crippen LogP contribution is -2.23. The molecule has 32 heavy (non-hydrogen) atoms. The Balaban J connectivity index is 1.47. The van der Waals surface area contributed by atoms with E-state index in [9.17, 15) is 9.59 Å². The first-order valence-electron chi connectivity index (χ1n) is 10.7. The van der Waals surface area contributed by atoms with E-state index in [4.69, 9.17) is 4.74 Å². The lowest BCUT2D eigenvalue weighted by molar-refractivity contribution is -0.115. The molecular weight excluding hydrogens is 464 g/mol. The smallest absolute Gasteiger partial charge is 0.341 e. The lowest BCUT2D eigenvalue weighted by atomic mass is 9.95. The number of aromatic nitrogens is 3. The molecule has 4 rings (SSSR count). The highest BCUT2D eigenvalue weighted by atomic mass is 32.2. The van der Waals surface area contributed by atoms with E-state index in [-0.39, 0.29) is 11.9 Å². The number of rotatable bonds is 8. The van der Waals surface area contributed by atoms with E-state index in [1.807, 2.05) is 30.0 Å². The minimum Gasteiger partial charge on any atom is -0.462 e. The molecular formula is C22H26N4O3S3. The van der Waals surface area contributed by atoms with Crippen LogP contribution < -0.4 is 5.32 Å². The molecule has 1 amide bonds. The van der Waals surface area contributed by atoms with Crippen LogP contribution in [0.5, 0.6) is 0 Å². The fourth-order valence-electron chi connectivity index (χ4n) is 3.67. The van der Waals surface area contributed by atoms with Gasteiger partial charge in [-0.3, -0.25) is 4.79 Å². The first-order valence-corrected chi connectivity index (χ1v) is 13.2. The number of carbonyl (C=O) groups is 2. The summed E-state index contributed by atoms with van der Waals surface area (Å²) >= 11 is 4.55. The Bertz CT molecular complexity index is 1100. The summed E-state index contributed by atoms with van der Waals surface area (Å²) in [6, 6.07) is 4.09. The maximum Gasteiger partial charge on any atom is 0.341 e. The zero-order valence-electron chi connectivity index (χ0n) is 18.3. The van der Waals surface area contributed by atoms with Crippen LogP contribution in [0.25, 0.3) is 0 Å². The highest BCUT2D eigenvalue weighted by molar-refractivity contribution is 8.00. The largest absolute Gasteiger partial charge is 0.462 e. The van der Waals surface area contributed by atoms with Gasteiger partial charge in [0.15, 0.2) is 5.16 Å². The molecule has 1 atom stereocenters. The van der Waals surface area contributed by atoms with Crippen LogP contribution in [0.3, 0.4) is 0 Å². The zero-order chi connectivity index (χ0) is 22.7. The molecule has 1 N–H and O–H groups in total. The number of nitrogens with one attached hydrogen (secondary N) is 1. The van der Waals surface area contributed by atoms with Crippen LogP contribution in [0.2, 0.25) is 0 Å². The van der Waals surface area contributed by atoms with E-state index < -0.39 is 5.25 Å². The van der Waals surface area contributed by atoms with Crippen molar-refractivity contribution in [3.05, 3.63) is 44.2 Å². The summed E-state index contributed by atoms with van der Waals surface area (Å²) in [5.41, 5.74) is 1.58. The zero-order valence-corrected chi connectivity index (χ0v) is 20.8. The van der Waals surface area contributed by atoms with Crippen molar-refractivity contribution in [1.82, 2.24) is 14.8 Å². The molecule has 0 radical (unpaired) electrons. The number of ether oxygens (including phenoxy) is 1. The molecule has 0 aliphatic heterocycles. The number of amides is 1. The second-order valence-corrected chi connectivity index (χ2v) is 11.0. The molecule has 3 heterocycles. The average molecular weight is 491 g/mol. The van der Waals surface area contributed by atoms with Crippen LogP contribution in [0.4, 0.5) is 5.00 Å². The molecule has 7 nitrogen and oxygen atoms in total. The van der Waals surface area contributed by atoms with Crippen molar-refractivity contribution in [2.75, 3.05) is 11.9 Å². The van der Waals surface area contributed by atoms with Crippen molar-refractivity contribution < 1.29 is 14.3 Å². The number of fused-ring (bicyclic) bond motifs is 1. The van der Waals surface area contributed by atoms with Gasteiger partial charge in [0, 0.05) is 23.2 Å². The summed E-state index contributed by atoms with van der Waals surface area (Å²) in [6.45, 7) is 3.94. The van der Waals surface area contributed by atoms with Crippen molar-refractivity contribution >= 4 is 51.3 Å². The molecule has 1 aliphatic carbocycles. The van der Waals surface area contributed by atoms with E-state index >= 15 is 0 Å². The van der Waals surface area contributed by atoms with Gasteiger partial charge in [-0.15, -0.1) is 32.9 Å². The van der Waals surface area contributed by atoms with Gasteiger partial charge in [0.05, 0.1) is 17.4 Å². The third-order valence-electron chi connectivity index (χ3n) is 5.38. The summed E-state index contributed by atoms with van der Waals surface area (Å²) in [5.74, 6) is 0.342. The topological polar surface area (TPSA) is 86.1 Å². The fraction of sp³-hybridized carbons (Fsp3) is 0.455. The molecule has 1 aliphatic rings. The van der Waals surface area contributed by atoms with Crippen molar-refractivity contribution in [3.8, 4) is 0 Å². The van der Waals surface area contributed by atoms with E-state index in [2.05, 4.69) is 21.6 Å². The Hall–Kier alpha value is -2.17. The summed E-state index contributed by atoms with van der Waals surface area (Å²) in [7, 11) is 1.92. The maximum absolute atomic E-state index is 13.0. The second-order valence-electron chi connectivity index (χ2n) is 7.60. The molecule has 0 fully saturated rings. The molecule has 10 heteroatoms. The Morgan fingerprint density at radius 3 is 2.88 bits per heavy atom. The summed E-state index contributed by atoms with van der Waals surface area (Å²) < 4.78 is 7.22. The number of thiophene rings is 2. The van der Waals surface area contributed by atoms with Gasteiger partial charge in [-0.05, 0) is 56.5 Å². The van der Waals surface area contributed by atoms with Gasteiger partial charge in [-0.1, -0.05) is 17.8 Å². The van der Waals surface area contributed by atoms with Gasteiger partial charge >= 0.3 is 5.97 Å². The van der Waals surface area contributed by atoms with Crippen LogP contribution in [0.1, 0.15) is 58.2 Å². The van der Waals surface area contributed by atoms with Crippen LogP contribution in [-0.4, -0.2) is 38.5 Å². The quantitative estimate of drug-likeness (QED) is 0.364. The van der Waals surface area contributed by atoms with E-state index in [1.165, 1.54) is 32.9 Å². The first kappa shape index (κ1) is 23.0.